The zero-order valence-electron chi connectivity index (χ0n) is 15.9. The van der Waals surface area contributed by atoms with Crippen molar-refractivity contribution in [2.45, 2.75) is 50.4 Å². The molecule has 3 heterocycles. The largest absolute Gasteiger partial charge is 0.392 e. The standard InChI is InChI=1S/C20H24N4O5/c25-13-3-2-12(9-21-10-13)22-8-11-1-4-14-15(7-11)20(29)24(19(14)28)16-5-6-17(26)23-18(16)27/h1,4,7,12-13,16,21-22,25H,2-3,5-6,8-10H2,(H,23,26,27)/t12-,13+,16?/m0/s1. The maximum atomic E-state index is 12.9. The third-order valence-electron chi connectivity index (χ3n) is 5.72. The summed E-state index contributed by atoms with van der Waals surface area (Å²) in [5.74, 6) is -2.00. The van der Waals surface area contributed by atoms with Crippen molar-refractivity contribution in [3.8, 4) is 0 Å². The van der Waals surface area contributed by atoms with E-state index in [0.29, 0.717) is 13.1 Å². The molecule has 4 N–H and O–H groups in total. The van der Waals surface area contributed by atoms with E-state index in [4.69, 9.17) is 0 Å². The molecule has 154 valence electrons. The van der Waals surface area contributed by atoms with E-state index in [1.165, 1.54) is 0 Å². The molecule has 0 saturated carbocycles. The number of imide groups is 2. The van der Waals surface area contributed by atoms with E-state index in [-0.39, 0.29) is 36.1 Å². The van der Waals surface area contributed by atoms with Crippen LogP contribution in [0.5, 0.6) is 0 Å². The second kappa shape index (κ2) is 8.02. The van der Waals surface area contributed by atoms with Gasteiger partial charge in [-0.15, -0.1) is 0 Å². The van der Waals surface area contributed by atoms with Crippen molar-refractivity contribution in [2.75, 3.05) is 13.1 Å². The van der Waals surface area contributed by atoms with Crippen LogP contribution in [0.25, 0.3) is 0 Å². The first-order chi connectivity index (χ1) is 13.9. The average Bonchev–Trinajstić information content (AvgIpc) is 2.83. The third kappa shape index (κ3) is 3.93. The molecule has 3 atom stereocenters. The van der Waals surface area contributed by atoms with Gasteiger partial charge in [-0.3, -0.25) is 29.4 Å². The minimum Gasteiger partial charge on any atom is -0.392 e. The molecular weight excluding hydrogens is 376 g/mol. The Morgan fingerprint density at radius 2 is 1.83 bits per heavy atom. The molecule has 9 heteroatoms. The molecule has 2 fully saturated rings. The van der Waals surface area contributed by atoms with E-state index in [2.05, 4.69) is 16.0 Å². The number of β-amino-alcohol motifs (C(OH)–C–C–N with tert-alkyl or cyclic N) is 1. The molecule has 0 radical (unpaired) electrons. The number of fused-ring (bicyclic) bond motifs is 1. The van der Waals surface area contributed by atoms with E-state index in [9.17, 15) is 24.3 Å². The van der Waals surface area contributed by atoms with Gasteiger partial charge in [-0.05, 0) is 37.0 Å². The van der Waals surface area contributed by atoms with Crippen LogP contribution in [0, 0.1) is 0 Å². The highest BCUT2D eigenvalue weighted by atomic mass is 16.3. The Kier molecular flexibility index (Phi) is 5.44. The van der Waals surface area contributed by atoms with Gasteiger partial charge in [-0.2, -0.15) is 0 Å². The summed E-state index contributed by atoms with van der Waals surface area (Å²) in [7, 11) is 0. The number of hydrogen-bond acceptors (Lipinski definition) is 7. The number of amides is 4. The number of aliphatic hydroxyl groups excluding tert-OH is 1. The number of hydrogen-bond donors (Lipinski definition) is 4. The molecule has 1 aromatic carbocycles. The van der Waals surface area contributed by atoms with Crippen molar-refractivity contribution in [3.05, 3.63) is 34.9 Å². The topological polar surface area (TPSA) is 128 Å². The summed E-state index contributed by atoms with van der Waals surface area (Å²) >= 11 is 0. The summed E-state index contributed by atoms with van der Waals surface area (Å²) in [6.45, 7) is 1.86. The van der Waals surface area contributed by atoms with Gasteiger partial charge in [0.15, 0.2) is 0 Å². The van der Waals surface area contributed by atoms with Crippen molar-refractivity contribution in [3.63, 3.8) is 0 Å². The molecule has 3 aliphatic rings. The second-order valence-corrected chi connectivity index (χ2v) is 7.79. The molecule has 0 aromatic heterocycles. The summed E-state index contributed by atoms with van der Waals surface area (Å²) in [5, 5.41) is 18.5. The molecule has 0 spiro atoms. The molecule has 4 rings (SSSR count). The highest BCUT2D eigenvalue weighted by Crippen LogP contribution is 2.28. The molecule has 9 nitrogen and oxygen atoms in total. The van der Waals surface area contributed by atoms with Crippen LogP contribution >= 0.6 is 0 Å². The van der Waals surface area contributed by atoms with Crippen molar-refractivity contribution in [2.24, 2.45) is 0 Å². The summed E-state index contributed by atoms with van der Waals surface area (Å²) in [5.41, 5.74) is 1.43. The summed E-state index contributed by atoms with van der Waals surface area (Å²) < 4.78 is 0. The van der Waals surface area contributed by atoms with Gasteiger partial charge in [0, 0.05) is 32.1 Å². The zero-order valence-corrected chi connectivity index (χ0v) is 15.9. The maximum Gasteiger partial charge on any atom is 0.262 e. The normalized spacial score (nSPS) is 27.6. The summed E-state index contributed by atoms with van der Waals surface area (Å²) in [6.07, 6.45) is 1.49. The molecule has 29 heavy (non-hydrogen) atoms. The predicted molar refractivity (Wildman–Crippen MR) is 102 cm³/mol. The van der Waals surface area contributed by atoms with Crippen LogP contribution in [0.15, 0.2) is 18.2 Å². The lowest BCUT2D eigenvalue weighted by molar-refractivity contribution is -0.136. The average molecular weight is 400 g/mol. The number of nitrogens with one attached hydrogen (secondary N) is 3. The lowest BCUT2D eigenvalue weighted by Crippen LogP contribution is -2.54. The quantitative estimate of drug-likeness (QED) is 0.492. The van der Waals surface area contributed by atoms with Gasteiger partial charge in [-0.1, -0.05) is 6.07 Å². The first-order valence-corrected chi connectivity index (χ1v) is 9.90. The fourth-order valence-corrected chi connectivity index (χ4v) is 4.09. The fourth-order valence-electron chi connectivity index (χ4n) is 4.09. The van der Waals surface area contributed by atoms with Crippen molar-refractivity contribution < 1.29 is 24.3 Å². The monoisotopic (exact) mass is 400 g/mol. The highest BCUT2D eigenvalue weighted by molar-refractivity contribution is 6.23. The van der Waals surface area contributed by atoms with Gasteiger partial charge in [-0.25, -0.2) is 0 Å². The predicted octanol–water partition coefficient (Wildman–Crippen LogP) is -0.710. The van der Waals surface area contributed by atoms with Gasteiger partial charge < -0.3 is 15.7 Å². The van der Waals surface area contributed by atoms with Crippen LogP contribution in [0.2, 0.25) is 0 Å². The summed E-state index contributed by atoms with van der Waals surface area (Å²) in [4.78, 5) is 50.0. The second-order valence-electron chi connectivity index (χ2n) is 7.79. The Morgan fingerprint density at radius 1 is 1.03 bits per heavy atom. The Morgan fingerprint density at radius 3 is 2.62 bits per heavy atom. The molecule has 1 unspecified atom stereocenters. The Bertz CT molecular complexity index is 870. The lowest BCUT2D eigenvalue weighted by Gasteiger charge is -2.27. The highest BCUT2D eigenvalue weighted by Gasteiger charge is 2.44. The summed E-state index contributed by atoms with van der Waals surface area (Å²) in [6, 6.07) is 4.35. The Balaban J connectivity index is 1.45. The molecule has 4 amide bonds. The molecular formula is C20H24N4O5. The van der Waals surface area contributed by atoms with Crippen LogP contribution in [-0.4, -0.2) is 64.9 Å². The van der Waals surface area contributed by atoms with E-state index < -0.39 is 29.7 Å². The first kappa shape index (κ1) is 19.7. The first-order valence-electron chi connectivity index (χ1n) is 9.90. The van der Waals surface area contributed by atoms with E-state index >= 15 is 0 Å². The number of rotatable bonds is 4. The van der Waals surface area contributed by atoms with Crippen LogP contribution in [-0.2, 0) is 16.1 Å². The minimum atomic E-state index is -0.954. The number of carbonyl (C=O) groups is 4. The maximum absolute atomic E-state index is 12.9. The number of aliphatic hydroxyl groups is 1. The lowest BCUT2D eigenvalue weighted by atomic mass is 10.0. The van der Waals surface area contributed by atoms with Gasteiger partial charge >= 0.3 is 0 Å². The number of carbonyl (C=O) groups excluding carboxylic acids is 4. The van der Waals surface area contributed by atoms with Gasteiger partial charge in [0.25, 0.3) is 11.8 Å². The van der Waals surface area contributed by atoms with E-state index in [1.807, 2.05) is 0 Å². The molecule has 3 aliphatic heterocycles. The number of benzene rings is 1. The zero-order chi connectivity index (χ0) is 20.5. The fraction of sp³-hybridized carbons (Fsp3) is 0.500. The number of piperidine rings is 1. The minimum absolute atomic E-state index is 0.100. The Labute approximate surface area is 167 Å². The third-order valence-corrected chi connectivity index (χ3v) is 5.72. The van der Waals surface area contributed by atoms with Gasteiger partial charge in [0.2, 0.25) is 11.8 Å². The van der Waals surface area contributed by atoms with Crippen LogP contribution < -0.4 is 16.0 Å². The molecule has 1 aromatic rings. The van der Waals surface area contributed by atoms with Gasteiger partial charge in [0.1, 0.15) is 6.04 Å². The smallest absolute Gasteiger partial charge is 0.262 e. The van der Waals surface area contributed by atoms with Crippen molar-refractivity contribution >= 4 is 23.6 Å². The van der Waals surface area contributed by atoms with Crippen LogP contribution in [0.4, 0.5) is 0 Å². The van der Waals surface area contributed by atoms with Crippen LogP contribution in [0.3, 0.4) is 0 Å². The van der Waals surface area contributed by atoms with Gasteiger partial charge in [0.05, 0.1) is 17.2 Å². The van der Waals surface area contributed by atoms with Crippen LogP contribution in [0.1, 0.15) is 52.0 Å². The number of nitrogens with zero attached hydrogens (tertiary/aromatic N) is 1. The van der Waals surface area contributed by atoms with Crippen molar-refractivity contribution in [1.29, 1.82) is 0 Å². The van der Waals surface area contributed by atoms with E-state index in [1.54, 1.807) is 18.2 Å². The SMILES string of the molecule is O=C1CCC(N2C(=O)c3ccc(CN[C@H]4CC[C@@H](O)CNC4)cc3C2=O)C(=O)N1. The Hall–Kier alpha value is -2.62. The molecule has 0 bridgehead atoms. The molecule has 0 aliphatic carbocycles. The van der Waals surface area contributed by atoms with E-state index in [0.717, 1.165) is 29.8 Å². The molecule has 2 saturated heterocycles. The van der Waals surface area contributed by atoms with Crippen molar-refractivity contribution in [1.82, 2.24) is 20.9 Å².